The Balaban J connectivity index is 1.12. The number of rotatable bonds is 8. The van der Waals surface area contributed by atoms with E-state index in [1.807, 2.05) is 25.1 Å². The molecule has 3 aliphatic rings. The van der Waals surface area contributed by atoms with Crippen LogP contribution in [0.3, 0.4) is 0 Å². The van der Waals surface area contributed by atoms with Crippen LogP contribution in [-0.2, 0) is 22.7 Å². The maximum Gasteiger partial charge on any atom is 0.257 e. The molecule has 7 heteroatoms. The van der Waals surface area contributed by atoms with Crippen molar-refractivity contribution in [1.82, 2.24) is 15.1 Å². The summed E-state index contributed by atoms with van der Waals surface area (Å²) in [7, 11) is 0. The van der Waals surface area contributed by atoms with Gasteiger partial charge in [-0.15, -0.1) is 0 Å². The van der Waals surface area contributed by atoms with Crippen LogP contribution in [0.1, 0.15) is 73.4 Å². The van der Waals surface area contributed by atoms with E-state index in [4.69, 9.17) is 0 Å². The second kappa shape index (κ2) is 10.4. The molecule has 2 aromatic carbocycles. The van der Waals surface area contributed by atoms with Crippen LogP contribution >= 0.6 is 0 Å². The minimum atomic E-state index is -0.672. The van der Waals surface area contributed by atoms with Gasteiger partial charge in [0.25, 0.3) is 5.91 Å². The molecule has 3 amide bonds. The summed E-state index contributed by atoms with van der Waals surface area (Å²) in [5, 5.41) is 3.01. The first-order chi connectivity index (χ1) is 17.5. The lowest BCUT2D eigenvalue weighted by Crippen LogP contribution is -2.62. The van der Waals surface area contributed by atoms with E-state index in [1.54, 1.807) is 15.9 Å². The molecule has 36 heavy (non-hydrogen) atoms. The highest BCUT2D eigenvalue weighted by Crippen LogP contribution is 2.44. The van der Waals surface area contributed by atoms with Crippen molar-refractivity contribution >= 4 is 23.4 Å². The molecule has 2 aromatic rings. The molecule has 0 radical (unpaired) electrons. The van der Waals surface area contributed by atoms with E-state index in [2.05, 4.69) is 34.5 Å². The summed E-state index contributed by atoms with van der Waals surface area (Å²) in [6.07, 6.45) is 5.83. The van der Waals surface area contributed by atoms with Gasteiger partial charge in [-0.1, -0.05) is 42.8 Å². The molecule has 190 valence electrons. The second-order valence-electron chi connectivity index (χ2n) is 10.5. The molecule has 7 nitrogen and oxygen atoms in total. The lowest BCUT2D eigenvalue weighted by molar-refractivity contribution is -0.121. The van der Waals surface area contributed by atoms with E-state index in [-0.39, 0.29) is 17.7 Å². The Morgan fingerprint density at radius 2 is 1.69 bits per heavy atom. The average molecular weight is 489 g/mol. The summed E-state index contributed by atoms with van der Waals surface area (Å²) >= 11 is 0. The summed E-state index contributed by atoms with van der Waals surface area (Å²) in [6.45, 7) is 6.25. The van der Waals surface area contributed by atoms with E-state index in [0.717, 1.165) is 12.1 Å². The zero-order valence-electron chi connectivity index (χ0n) is 21.2. The number of fused-ring (bicyclic) bond motifs is 3. The van der Waals surface area contributed by atoms with E-state index < -0.39 is 5.66 Å². The molecule has 3 aliphatic heterocycles. The molecule has 0 bridgehead atoms. The van der Waals surface area contributed by atoms with Gasteiger partial charge in [-0.05, 0) is 69.0 Å². The normalized spacial score (nSPS) is 21.9. The van der Waals surface area contributed by atoms with E-state index in [9.17, 15) is 14.4 Å². The van der Waals surface area contributed by atoms with Crippen LogP contribution in [0.25, 0.3) is 0 Å². The van der Waals surface area contributed by atoms with Crippen molar-refractivity contribution in [2.45, 2.75) is 70.6 Å². The number of carbonyl (C=O) groups excluding carboxylic acids is 3. The molecule has 1 atom stereocenters. The smallest absolute Gasteiger partial charge is 0.257 e. The number of nitrogens with one attached hydrogen (secondary N) is 1. The molecule has 0 aliphatic carbocycles. The van der Waals surface area contributed by atoms with E-state index in [0.29, 0.717) is 50.0 Å². The molecule has 0 aromatic heterocycles. The van der Waals surface area contributed by atoms with Crippen LogP contribution in [-0.4, -0.2) is 52.8 Å². The van der Waals surface area contributed by atoms with Gasteiger partial charge in [-0.2, -0.15) is 0 Å². The van der Waals surface area contributed by atoms with E-state index >= 15 is 0 Å². The topological polar surface area (TPSA) is 73.0 Å². The molecular weight excluding hydrogens is 452 g/mol. The van der Waals surface area contributed by atoms with Crippen LogP contribution in [0.5, 0.6) is 0 Å². The van der Waals surface area contributed by atoms with E-state index in [1.165, 1.54) is 37.9 Å². The van der Waals surface area contributed by atoms with Crippen molar-refractivity contribution in [1.29, 1.82) is 0 Å². The van der Waals surface area contributed by atoms with Gasteiger partial charge in [0.15, 0.2) is 0 Å². The first-order valence-corrected chi connectivity index (χ1v) is 13.3. The summed E-state index contributed by atoms with van der Waals surface area (Å²) in [6, 6.07) is 15.8. The fourth-order valence-electron chi connectivity index (χ4n) is 5.87. The van der Waals surface area contributed by atoms with Crippen molar-refractivity contribution in [3.63, 3.8) is 0 Å². The summed E-state index contributed by atoms with van der Waals surface area (Å²) < 4.78 is 0. The minimum absolute atomic E-state index is 0.0261. The summed E-state index contributed by atoms with van der Waals surface area (Å²) in [4.78, 5) is 44.6. The summed E-state index contributed by atoms with van der Waals surface area (Å²) in [5.74, 6) is -0.0481. The Labute approximate surface area is 213 Å². The lowest BCUT2D eigenvalue weighted by atomic mass is 9.98. The quantitative estimate of drug-likeness (QED) is 0.608. The number of carbonyl (C=O) groups is 3. The fourth-order valence-corrected chi connectivity index (χ4v) is 5.87. The zero-order chi connectivity index (χ0) is 25.1. The standard InChI is InChI=1S/C29H36N4O3/c1-29-16-15-27(35)33(29)25-9-4-3-8-24(25)28(36)32(29)19-7-10-26(34)30-20-22-11-13-23(14-12-22)21-31-17-5-2-6-18-31/h3-4,8-9,11-14H,2,5-7,10,15-21H2,1H3,(H,30,34)/t29-/m0/s1. The third-order valence-electron chi connectivity index (χ3n) is 7.90. The number of nitrogens with zero attached hydrogens (tertiary/aromatic N) is 3. The second-order valence-corrected chi connectivity index (χ2v) is 10.5. The molecule has 1 N–H and O–H groups in total. The molecule has 0 saturated carbocycles. The molecule has 3 heterocycles. The van der Waals surface area contributed by atoms with Gasteiger partial charge in [0.05, 0.1) is 11.3 Å². The maximum absolute atomic E-state index is 13.3. The highest BCUT2D eigenvalue weighted by molar-refractivity contribution is 6.10. The van der Waals surface area contributed by atoms with Crippen molar-refractivity contribution < 1.29 is 14.4 Å². The molecule has 2 saturated heterocycles. The number of hydrogen-bond donors (Lipinski definition) is 1. The van der Waals surface area contributed by atoms with Crippen molar-refractivity contribution in [2.24, 2.45) is 0 Å². The Morgan fingerprint density at radius 1 is 0.972 bits per heavy atom. The SMILES string of the molecule is C[C@@]12CCC(=O)N1c1ccccc1C(=O)N2CCCC(=O)NCc1ccc(CN2CCCCC2)cc1. The molecule has 0 spiro atoms. The lowest BCUT2D eigenvalue weighted by Gasteiger charge is -2.48. The number of amides is 3. The summed E-state index contributed by atoms with van der Waals surface area (Å²) in [5.41, 5.74) is 2.98. The van der Waals surface area contributed by atoms with Crippen LogP contribution in [0.15, 0.2) is 48.5 Å². The highest BCUT2D eigenvalue weighted by Gasteiger charge is 2.52. The number of benzene rings is 2. The number of likely N-dealkylation sites (tertiary alicyclic amines) is 1. The highest BCUT2D eigenvalue weighted by atomic mass is 16.2. The van der Waals surface area contributed by atoms with Gasteiger partial charge >= 0.3 is 0 Å². The monoisotopic (exact) mass is 488 g/mol. The van der Waals surface area contributed by atoms with Gasteiger partial charge in [0.2, 0.25) is 11.8 Å². The van der Waals surface area contributed by atoms with Crippen LogP contribution in [0.2, 0.25) is 0 Å². The molecule has 2 fully saturated rings. The van der Waals surface area contributed by atoms with Crippen molar-refractivity contribution in [3.05, 3.63) is 65.2 Å². The van der Waals surface area contributed by atoms with Crippen LogP contribution in [0.4, 0.5) is 5.69 Å². The minimum Gasteiger partial charge on any atom is -0.352 e. The van der Waals surface area contributed by atoms with Gasteiger partial charge in [-0.25, -0.2) is 0 Å². The Hall–Kier alpha value is -3.19. The van der Waals surface area contributed by atoms with Gasteiger partial charge in [0.1, 0.15) is 5.66 Å². The van der Waals surface area contributed by atoms with Crippen LogP contribution < -0.4 is 10.2 Å². The Kier molecular flexibility index (Phi) is 7.10. The first kappa shape index (κ1) is 24.5. The number of piperidine rings is 1. The largest absolute Gasteiger partial charge is 0.352 e. The van der Waals surface area contributed by atoms with Gasteiger partial charge in [0, 0.05) is 32.5 Å². The van der Waals surface area contributed by atoms with Gasteiger partial charge < -0.3 is 10.2 Å². The number of para-hydroxylation sites is 1. The Morgan fingerprint density at radius 3 is 2.47 bits per heavy atom. The molecular formula is C29H36N4O3. The zero-order valence-corrected chi connectivity index (χ0v) is 21.2. The van der Waals surface area contributed by atoms with Gasteiger partial charge in [-0.3, -0.25) is 24.2 Å². The fraction of sp³-hybridized carbons (Fsp3) is 0.483. The maximum atomic E-state index is 13.3. The third kappa shape index (κ3) is 4.89. The van der Waals surface area contributed by atoms with Crippen LogP contribution in [0, 0.1) is 0 Å². The third-order valence-corrected chi connectivity index (χ3v) is 7.90. The predicted molar refractivity (Wildman–Crippen MR) is 139 cm³/mol. The predicted octanol–water partition coefficient (Wildman–Crippen LogP) is 4.07. The molecule has 5 rings (SSSR count). The number of anilines is 1. The average Bonchev–Trinajstić information content (AvgIpc) is 3.21. The Bertz CT molecular complexity index is 1130. The van der Waals surface area contributed by atoms with Crippen molar-refractivity contribution in [2.75, 3.05) is 24.5 Å². The first-order valence-electron chi connectivity index (χ1n) is 13.3. The number of hydrogen-bond acceptors (Lipinski definition) is 4. The van der Waals surface area contributed by atoms with Crippen molar-refractivity contribution in [3.8, 4) is 0 Å². The molecule has 0 unspecified atom stereocenters.